The van der Waals surface area contributed by atoms with Gasteiger partial charge in [0.05, 0.1) is 12.2 Å². The molecule has 1 rings (SSSR count). The van der Waals surface area contributed by atoms with Crippen molar-refractivity contribution in [2.24, 2.45) is 0 Å². The average molecular weight is 354 g/mol. The van der Waals surface area contributed by atoms with Crippen LogP contribution in [0.25, 0.3) is 0 Å². The fourth-order valence-corrected chi connectivity index (χ4v) is 2.36. The van der Waals surface area contributed by atoms with Crippen LogP contribution in [0.3, 0.4) is 0 Å². The predicted molar refractivity (Wildman–Crippen MR) is 52.4 cm³/mol. The van der Waals surface area contributed by atoms with Gasteiger partial charge in [0, 0.05) is 8.86 Å². The minimum atomic E-state index is 0.336. The molecule has 2 atom stereocenters. The lowest BCUT2D eigenvalue weighted by Crippen LogP contribution is -2.24. The highest BCUT2D eigenvalue weighted by atomic mass is 127. The smallest absolute Gasteiger partial charge is 0.147 e. The van der Waals surface area contributed by atoms with E-state index in [0.717, 1.165) is 8.86 Å². The monoisotopic (exact) mass is 354 g/mol. The van der Waals surface area contributed by atoms with Crippen molar-refractivity contribution in [1.82, 2.24) is 0 Å². The molecule has 0 aromatic rings. The Hall–Kier alpha value is 1.38. The molecule has 4 heteroatoms. The summed E-state index contributed by atoms with van der Waals surface area (Å²) in [6.07, 6.45) is 0.671. The molecule has 0 saturated carbocycles. The number of hydrogen-bond donors (Lipinski definition) is 0. The Kier molecular flexibility index (Phi) is 4.05. The molecule has 0 amide bonds. The summed E-state index contributed by atoms with van der Waals surface area (Å²) in [6, 6.07) is 0. The van der Waals surface area contributed by atoms with E-state index in [1.807, 2.05) is 0 Å². The van der Waals surface area contributed by atoms with E-state index in [0.29, 0.717) is 19.0 Å². The summed E-state index contributed by atoms with van der Waals surface area (Å²) >= 11 is 4.64. The number of rotatable bonds is 2. The minimum absolute atomic E-state index is 0.336. The molecule has 1 aliphatic heterocycles. The summed E-state index contributed by atoms with van der Waals surface area (Å²) in [7, 11) is 0. The first kappa shape index (κ1) is 8.48. The number of hydrogen-bond acceptors (Lipinski definition) is 2. The molecule has 0 N–H and O–H groups in total. The highest BCUT2D eigenvalue weighted by Crippen LogP contribution is 2.16. The maximum absolute atomic E-state index is 5.27. The fraction of sp³-hybridized carbons (Fsp3) is 1.00. The highest BCUT2D eigenvalue weighted by molar-refractivity contribution is 14.1. The van der Waals surface area contributed by atoms with E-state index < -0.39 is 0 Å². The Bertz CT molecular complexity index is 79.0. The van der Waals surface area contributed by atoms with Gasteiger partial charge in [-0.05, 0) is 0 Å². The van der Waals surface area contributed by atoms with Crippen molar-refractivity contribution in [2.45, 2.75) is 12.2 Å². The van der Waals surface area contributed by atoms with Gasteiger partial charge in [0.1, 0.15) is 6.79 Å². The van der Waals surface area contributed by atoms with Crippen LogP contribution in [0.4, 0.5) is 0 Å². The molecule has 2 nitrogen and oxygen atoms in total. The summed E-state index contributed by atoms with van der Waals surface area (Å²) in [6.45, 7) is 0.487. The standard InChI is InChI=1S/C5H8I2O2/c6-1-4-5(2-7)9-3-8-4/h4-5H,1-3H2/t4-,5-/m0/s1. The van der Waals surface area contributed by atoms with E-state index in [9.17, 15) is 0 Å². The van der Waals surface area contributed by atoms with Gasteiger partial charge in [-0.15, -0.1) is 0 Å². The number of halogens is 2. The minimum Gasteiger partial charge on any atom is -0.349 e. The first-order valence-electron chi connectivity index (χ1n) is 2.73. The molecule has 1 heterocycles. The van der Waals surface area contributed by atoms with E-state index in [1.54, 1.807) is 0 Å². The van der Waals surface area contributed by atoms with Crippen molar-refractivity contribution in [3.63, 3.8) is 0 Å². The predicted octanol–water partition coefficient (Wildman–Crippen LogP) is 1.60. The molecule has 0 radical (unpaired) electrons. The zero-order chi connectivity index (χ0) is 6.69. The Morgan fingerprint density at radius 2 is 1.56 bits per heavy atom. The van der Waals surface area contributed by atoms with Gasteiger partial charge in [-0.25, -0.2) is 0 Å². The summed E-state index contributed by atoms with van der Waals surface area (Å²) in [5, 5.41) is 0. The van der Waals surface area contributed by atoms with Crippen LogP contribution >= 0.6 is 45.2 Å². The molecule has 0 aromatic carbocycles. The van der Waals surface area contributed by atoms with Gasteiger partial charge in [-0.1, -0.05) is 45.2 Å². The van der Waals surface area contributed by atoms with Crippen molar-refractivity contribution in [3.05, 3.63) is 0 Å². The summed E-state index contributed by atoms with van der Waals surface area (Å²) in [4.78, 5) is 0. The van der Waals surface area contributed by atoms with Gasteiger partial charge in [0.25, 0.3) is 0 Å². The number of ether oxygens (including phenoxy) is 2. The summed E-state index contributed by atoms with van der Waals surface area (Å²) in [5.74, 6) is 0. The van der Waals surface area contributed by atoms with Gasteiger partial charge in [0.15, 0.2) is 0 Å². The van der Waals surface area contributed by atoms with Crippen molar-refractivity contribution in [3.8, 4) is 0 Å². The van der Waals surface area contributed by atoms with Crippen LogP contribution in [0.1, 0.15) is 0 Å². The Balaban J connectivity index is 2.32. The van der Waals surface area contributed by atoms with Gasteiger partial charge >= 0.3 is 0 Å². The first-order chi connectivity index (χ1) is 4.38. The van der Waals surface area contributed by atoms with Crippen LogP contribution in [0, 0.1) is 0 Å². The average Bonchev–Trinajstić information content (AvgIpc) is 2.33. The number of alkyl halides is 2. The van der Waals surface area contributed by atoms with Gasteiger partial charge in [-0.3, -0.25) is 0 Å². The molecule has 1 aliphatic rings. The van der Waals surface area contributed by atoms with Crippen LogP contribution < -0.4 is 0 Å². The van der Waals surface area contributed by atoms with E-state index in [4.69, 9.17) is 9.47 Å². The maximum atomic E-state index is 5.27. The highest BCUT2D eigenvalue weighted by Gasteiger charge is 2.26. The third-order valence-corrected chi connectivity index (χ3v) is 3.02. The van der Waals surface area contributed by atoms with E-state index >= 15 is 0 Å². The molecular formula is C5H8I2O2. The molecule has 9 heavy (non-hydrogen) atoms. The van der Waals surface area contributed by atoms with Gasteiger partial charge in [-0.2, -0.15) is 0 Å². The Morgan fingerprint density at radius 3 is 1.89 bits per heavy atom. The maximum Gasteiger partial charge on any atom is 0.147 e. The van der Waals surface area contributed by atoms with Crippen molar-refractivity contribution in [2.75, 3.05) is 15.6 Å². The Labute approximate surface area is 81.9 Å². The van der Waals surface area contributed by atoms with Crippen LogP contribution in [0.2, 0.25) is 0 Å². The topological polar surface area (TPSA) is 18.5 Å². The molecule has 1 saturated heterocycles. The quantitative estimate of drug-likeness (QED) is 0.554. The lowest BCUT2D eigenvalue weighted by atomic mass is 10.3. The second-order valence-electron chi connectivity index (χ2n) is 1.84. The zero-order valence-electron chi connectivity index (χ0n) is 4.85. The molecule has 1 fully saturated rings. The molecule has 0 bridgehead atoms. The Morgan fingerprint density at radius 1 is 1.11 bits per heavy atom. The van der Waals surface area contributed by atoms with Crippen LogP contribution in [-0.4, -0.2) is 27.9 Å². The fourth-order valence-electron chi connectivity index (χ4n) is 0.717. The summed E-state index contributed by atoms with van der Waals surface area (Å²) < 4.78 is 12.6. The van der Waals surface area contributed by atoms with E-state index in [-0.39, 0.29) is 0 Å². The molecule has 0 aromatic heterocycles. The first-order valence-corrected chi connectivity index (χ1v) is 5.78. The van der Waals surface area contributed by atoms with E-state index in [1.165, 1.54) is 0 Å². The van der Waals surface area contributed by atoms with Crippen molar-refractivity contribution in [1.29, 1.82) is 0 Å². The van der Waals surface area contributed by atoms with Gasteiger partial charge < -0.3 is 9.47 Å². The second kappa shape index (κ2) is 4.30. The largest absolute Gasteiger partial charge is 0.349 e. The van der Waals surface area contributed by atoms with Crippen molar-refractivity contribution < 1.29 is 9.47 Å². The normalized spacial score (nSPS) is 35.3. The van der Waals surface area contributed by atoms with Crippen LogP contribution in [0.15, 0.2) is 0 Å². The second-order valence-corrected chi connectivity index (χ2v) is 3.60. The molecule has 0 unspecified atom stereocenters. The zero-order valence-corrected chi connectivity index (χ0v) is 9.16. The molecular weight excluding hydrogens is 346 g/mol. The molecule has 0 spiro atoms. The summed E-state index contributed by atoms with van der Waals surface area (Å²) in [5.41, 5.74) is 0. The third kappa shape index (κ3) is 2.16. The van der Waals surface area contributed by atoms with Crippen LogP contribution in [0.5, 0.6) is 0 Å². The lowest BCUT2D eigenvalue weighted by Gasteiger charge is -2.09. The van der Waals surface area contributed by atoms with E-state index in [2.05, 4.69) is 45.2 Å². The van der Waals surface area contributed by atoms with Crippen molar-refractivity contribution >= 4 is 45.2 Å². The SMILES string of the molecule is IC[C@@H]1OCO[C@H]1CI. The molecule has 0 aliphatic carbocycles. The third-order valence-electron chi connectivity index (χ3n) is 1.28. The van der Waals surface area contributed by atoms with Crippen LogP contribution in [-0.2, 0) is 9.47 Å². The van der Waals surface area contributed by atoms with Gasteiger partial charge in [0.2, 0.25) is 0 Å². The lowest BCUT2D eigenvalue weighted by molar-refractivity contribution is 0.0451. The molecule has 54 valence electrons.